The summed E-state index contributed by atoms with van der Waals surface area (Å²) in [6.45, 7) is 6.46. The molecule has 0 spiro atoms. The highest BCUT2D eigenvalue weighted by molar-refractivity contribution is 9.10. The van der Waals surface area contributed by atoms with E-state index in [0.29, 0.717) is 9.65 Å². The summed E-state index contributed by atoms with van der Waals surface area (Å²) in [5.41, 5.74) is 0.804. The average molecular weight is 362 g/mol. The molecule has 1 aromatic carbocycles. The predicted molar refractivity (Wildman–Crippen MR) is 79.0 cm³/mol. The Bertz CT molecular complexity index is 390. The van der Waals surface area contributed by atoms with Gasteiger partial charge < -0.3 is 4.74 Å². The fourth-order valence-corrected chi connectivity index (χ4v) is 4.07. The van der Waals surface area contributed by atoms with Crippen LogP contribution in [0.1, 0.15) is 32.8 Å². The molecule has 17 heavy (non-hydrogen) atoms. The fraction of sp³-hybridized carbons (Fsp3) is 0.571. The molecule has 2 rings (SSSR count). The van der Waals surface area contributed by atoms with Crippen molar-refractivity contribution in [2.45, 2.75) is 48.0 Å². The molecule has 0 saturated carbocycles. The van der Waals surface area contributed by atoms with Crippen LogP contribution in [0.15, 0.2) is 30.3 Å². The van der Waals surface area contributed by atoms with E-state index in [1.807, 2.05) is 6.07 Å². The lowest BCUT2D eigenvalue weighted by Crippen LogP contribution is -2.53. The van der Waals surface area contributed by atoms with E-state index < -0.39 is 0 Å². The van der Waals surface area contributed by atoms with Crippen molar-refractivity contribution in [2.24, 2.45) is 0 Å². The van der Waals surface area contributed by atoms with Crippen LogP contribution in [0.4, 0.5) is 0 Å². The lowest BCUT2D eigenvalue weighted by molar-refractivity contribution is -0.160. The van der Waals surface area contributed by atoms with E-state index in [2.05, 4.69) is 76.9 Å². The first-order chi connectivity index (χ1) is 7.86. The molecule has 94 valence electrons. The first kappa shape index (κ1) is 13.6. The zero-order valence-electron chi connectivity index (χ0n) is 10.4. The molecule has 1 aliphatic rings. The van der Waals surface area contributed by atoms with Crippen LogP contribution in [0.2, 0.25) is 0 Å². The van der Waals surface area contributed by atoms with Crippen LogP contribution in [-0.2, 0) is 10.3 Å². The Balaban J connectivity index is 2.37. The predicted octanol–water partition coefficient (Wildman–Crippen LogP) is 4.63. The van der Waals surface area contributed by atoms with Gasteiger partial charge in [-0.3, -0.25) is 0 Å². The SMILES string of the molecule is CC1(C)O[C@@](C)(c2ccccc2)[C@H](Br)C[C@H]1Br. The number of benzene rings is 1. The zero-order valence-corrected chi connectivity index (χ0v) is 13.6. The number of alkyl halides is 2. The van der Waals surface area contributed by atoms with E-state index in [1.54, 1.807) is 0 Å². The Morgan fingerprint density at radius 1 is 1.06 bits per heavy atom. The van der Waals surface area contributed by atoms with Gasteiger partial charge in [-0.25, -0.2) is 0 Å². The molecule has 1 aromatic rings. The highest BCUT2D eigenvalue weighted by atomic mass is 79.9. The van der Waals surface area contributed by atoms with Gasteiger partial charge in [-0.05, 0) is 32.8 Å². The van der Waals surface area contributed by atoms with E-state index in [-0.39, 0.29) is 11.2 Å². The molecule has 0 bridgehead atoms. The van der Waals surface area contributed by atoms with Gasteiger partial charge in [0.15, 0.2) is 0 Å². The Labute approximate surface area is 120 Å². The molecular weight excluding hydrogens is 344 g/mol. The minimum absolute atomic E-state index is 0.158. The van der Waals surface area contributed by atoms with E-state index >= 15 is 0 Å². The van der Waals surface area contributed by atoms with Crippen LogP contribution in [0, 0.1) is 0 Å². The average Bonchev–Trinajstić information content (AvgIpc) is 2.27. The smallest absolute Gasteiger partial charge is 0.104 e. The summed E-state index contributed by atoms with van der Waals surface area (Å²) < 4.78 is 6.38. The Morgan fingerprint density at radius 2 is 1.65 bits per heavy atom. The Morgan fingerprint density at radius 3 is 2.24 bits per heavy atom. The van der Waals surface area contributed by atoms with Crippen LogP contribution >= 0.6 is 31.9 Å². The van der Waals surface area contributed by atoms with E-state index in [0.717, 1.165) is 6.42 Å². The summed E-state index contributed by atoms with van der Waals surface area (Å²) in [7, 11) is 0. The molecule has 0 aliphatic carbocycles. The molecule has 0 N–H and O–H groups in total. The summed E-state index contributed by atoms with van der Waals surface area (Å²) in [6.07, 6.45) is 1.05. The van der Waals surface area contributed by atoms with Gasteiger partial charge in [0.05, 0.1) is 5.60 Å². The van der Waals surface area contributed by atoms with Crippen LogP contribution < -0.4 is 0 Å². The molecule has 1 fully saturated rings. The van der Waals surface area contributed by atoms with E-state index in [4.69, 9.17) is 4.74 Å². The maximum absolute atomic E-state index is 6.38. The van der Waals surface area contributed by atoms with E-state index in [9.17, 15) is 0 Å². The molecular formula is C14H18Br2O. The second-order valence-electron chi connectivity index (χ2n) is 5.35. The van der Waals surface area contributed by atoms with Crippen molar-refractivity contribution in [3.05, 3.63) is 35.9 Å². The minimum Gasteiger partial charge on any atom is -0.362 e. The van der Waals surface area contributed by atoms with Gasteiger partial charge in [-0.15, -0.1) is 0 Å². The Hall–Kier alpha value is 0.140. The van der Waals surface area contributed by atoms with Gasteiger partial charge in [-0.1, -0.05) is 62.2 Å². The standard InChI is InChI=1S/C14H18Br2O/c1-13(2)11(15)9-12(16)14(3,17-13)10-7-5-4-6-8-10/h4-8,11-12H,9H2,1-3H3/t11-,12-,14+/m1/s1. The van der Waals surface area contributed by atoms with Crippen molar-refractivity contribution in [3.63, 3.8) is 0 Å². The maximum atomic E-state index is 6.38. The fourth-order valence-electron chi connectivity index (χ4n) is 2.37. The monoisotopic (exact) mass is 360 g/mol. The second kappa shape index (κ2) is 4.67. The van der Waals surface area contributed by atoms with Gasteiger partial charge in [0.1, 0.15) is 5.60 Å². The normalized spacial score (nSPS) is 36.8. The first-order valence-corrected chi connectivity index (χ1v) is 7.73. The number of hydrogen-bond acceptors (Lipinski definition) is 1. The largest absolute Gasteiger partial charge is 0.362 e. The molecule has 0 amide bonds. The summed E-state index contributed by atoms with van der Waals surface area (Å²) in [4.78, 5) is 0.686. The second-order valence-corrected chi connectivity index (χ2v) is 7.56. The van der Waals surface area contributed by atoms with Gasteiger partial charge in [0, 0.05) is 9.65 Å². The van der Waals surface area contributed by atoms with Crippen molar-refractivity contribution in [1.29, 1.82) is 0 Å². The topological polar surface area (TPSA) is 9.23 Å². The lowest BCUT2D eigenvalue weighted by Gasteiger charge is -2.49. The molecule has 1 nitrogen and oxygen atoms in total. The van der Waals surface area contributed by atoms with Crippen molar-refractivity contribution in [1.82, 2.24) is 0 Å². The van der Waals surface area contributed by atoms with Gasteiger partial charge in [0.2, 0.25) is 0 Å². The first-order valence-electron chi connectivity index (χ1n) is 5.90. The summed E-state index contributed by atoms with van der Waals surface area (Å²) >= 11 is 7.50. The summed E-state index contributed by atoms with van der Waals surface area (Å²) in [6, 6.07) is 10.4. The number of halogens is 2. The molecule has 1 heterocycles. The van der Waals surface area contributed by atoms with Crippen LogP contribution in [0.5, 0.6) is 0 Å². The van der Waals surface area contributed by atoms with Crippen molar-refractivity contribution in [3.8, 4) is 0 Å². The van der Waals surface area contributed by atoms with Gasteiger partial charge >= 0.3 is 0 Å². The van der Waals surface area contributed by atoms with Crippen LogP contribution in [0.3, 0.4) is 0 Å². The van der Waals surface area contributed by atoms with E-state index in [1.165, 1.54) is 5.56 Å². The highest BCUT2D eigenvalue weighted by Crippen LogP contribution is 2.47. The van der Waals surface area contributed by atoms with Gasteiger partial charge in [-0.2, -0.15) is 0 Å². The molecule has 0 unspecified atom stereocenters. The number of rotatable bonds is 1. The molecule has 0 radical (unpaired) electrons. The van der Waals surface area contributed by atoms with Crippen molar-refractivity contribution in [2.75, 3.05) is 0 Å². The number of ether oxygens (including phenoxy) is 1. The summed E-state index contributed by atoms with van der Waals surface area (Å²) in [5, 5.41) is 0. The molecule has 1 aliphatic heterocycles. The quantitative estimate of drug-likeness (QED) is 0.662. The molecule has 3 heteroatoms. The zero-order chi connectivity index (χ0) is 12.7. The maximum Gasteiger partial charge on any atom is 0.104 e. The highest BCUT2D eigenvalue weighted by Gasteiger charge is 2.48. The summed E-state index contributed by atoms with van der Waals surface area (Å²) in [5.74, 6) is 0. The van der Waals surface area contributed by atoms with Crippen LogP contribution in [0.25, 0.3) is 0 Å². The third kappa shape index (κ3) is 2.47. The lowest BCUT2D eigenvalue weighted by atomic mass is 9.83. The molecule has 3 atom stereocenters. The Kier molecular flexibility index (Phi) is 3.73. The van der Waals surface area contributed by atoms with Crippen LogP contribution in [-0.4, -0.2) is 15.3 Å². The molecule has 1 saturated heterocycles. The van der Waals surface area contributed by atoms with Gasteiger partial charge in [0.25, 0.3) is 0 Å². The molecule has 0 aromatic heterocycles. The third-order valence-corrected chi connectivity index (χ3v) is 6.31. The number of hydrogen-bond donors (Lipinski definition) is 0. The third-order valence-electron chi connectivity index (χ3n) is 3.59. The van der Waals surface area contributed by atoms with Crippen molar-refractivity contribution < 1.29 is 4.74 Å². The van der Waals surface area contributed by atoms with Crippen molar-refractivity contribution >= 4 is 31.9 Å². The minimum atomic E-state index is -0.269.